The maximum Gasteiger partial charge on any atom is 0.353 e. The Morgan fingerprint density at radius 3 is 2.46 bits per heavy atom. The molecule has 0 saturated heterocycles. The normalized spacial score (nSPS) is 10.4. The van der Waals surface area contributed by atoms with Crippen molar-refractivity contribution in [2.45, 2.75) is 6.54 Å². The van der Waals surface area contributed by atoms with E-state index in [0.717, 1.165) is 10.0 Å². The van der Waals surface area contributed by atoms with Crippen LogP contribution in [-0.2, 0) is 6.54 Å². The monoisotopic (exact) mass is 433 g/mol. The average Bonchev–Trinajstić information content (AvgIpc) is 2.63. The first-order chi connectivity index (χ1) is 12.5. The van der Waals surface area contributed by atoms with Gasteiger partial charge in [-0.05, 0) is 35.9 Å². The highest BCUT2D eigenvalue weighted by molar-refractivity contribution is 9.10. The lowest BCUT2D eigenvalue weighted by molar-refractivity contribution is -0.383. The lowest BCUT2D eigenvalue weighted by atomic mass is 10.2. The van der Waals surface area contributed by atoms with Gasteiger partial charge in [0.25, 0.3) is 0 Å². The Kier molecular flexibility index (Phi) is 5.65. The van der Waals surface area contributed by atoms with Crippen LogP contribution in [0.4, 0.5) is 23.0 Å². The summed E-state index contributed by atoms with van der Waals surface area (Å²) in [5.41, 5.74) is 1.25. The number of rotatable bonds is 6. The molecule has 3 rings (SSSR count). The summed E-state index contributed by atoms with van der Waals surface area (Å²) in [4.78, 5) is 19.1. The predicted molar refractivity (Wildman–Crippen MR) is 105 cm³/mol. The van der Waals surface area contributed by atoms with Crippen molar-refractivity contribution in [3.63, 3.8) is 0 Å². The third-order valence-corrected chi connectivity index (χ3v) is 4.41. The zero-order valence-electron chi connectivity index (χ0n) is 13.3. The summed E-state index contributed by atoms with van der Waals surface area (Å²) in [5.74, 6) is 0.221. The topological polar surface area (TPSA) is 93.0 Å². The first kappa shape index (κ1) is 18.1. The molecule has 0 aliphatic rings. The van der Waals surface area contributed by atoms with E-state index in [-0.39, 0.29) is 17.3 Å². The molecule has 132 valence electrons. The molecule has 1 aromatic heterocycles. The Morgan fingerprint density at radius 2 is 1.77 bits per heavy atom. The number of halogens is 2. The summed E-state index contributed by atoms with van der Waals surface area (Å²) >= 11 is 9.47. The fourth-order valence-electron chi connectivity index (χ4n) is 2.26. The van der Waals surface area contributed by atoms with Crippen LogP contribution in [0.15, 0.2) is 59.3 Å². The summed E-state index contributed by atoms with van der Waals surface area (Å²) in [6.45, 7) is 0.301. The van der Waals surface area contributed by atoms with Gasteiger partial charge < -0.3 is 10.6 Å². The van der Waals surface area contributed by atoms with Crippen LogP contribution in [0.1, 0.15) is 5.56 Å². The number of nitrogens with zero attached hydrogens (tertiary/aromatic N) is 3. The molecule has 0 spiro atoms. The summed E-state index contributed by atoms with van der Waals surface area (Å²) < 4.78 is 0.905. The van der Waals surface area contributed by atoms with E-state index in [1.54, 1.807) is 18.2 Å². The van der Waals surface area contributed by atoms with Crippen LogP contribution in [0.3, 0.4) is 0 Å². The number of anilines is 3. The molecule has 7 nitrogen and oxygen atoms in total. The molecule has 0 unspecified atom stereocenters. The van der Waals surface area contributed by atoms with Gasteiger partial charge in [0, 0.05) is 21.7 Å². The molecule has 2 N–H and O–H groups in total. The van der Waals surface area contributed by atoms with E-state index in [1.807, 2.05) is 30.3 Å². The maximum absolute atomic E-state index is 11.6. The molecule has 0 radical (unpaired) electrons. The van der Waals surface area contributed by atoms with Crippen molar-refractivity contribution >= 4 is 50.5 Å². The van der Waals surface area contributed by atoms with Gasteiger partial charge >= 0.3 is 5.69 Å². The lowest BCUT2D eigenvalue weighted by Gasteiger charge is -2.11. The van der Waals surface area contributed by atoms with Gasteiger partial charge in [-0.15, -0.1) is 0 Å². The van der Waals surface area contributed by atoms with E-state index in [1.165, 1.54) is 6.33 Å². The van der Waals surface area contributed by atoms with Crippen LogP contribution >= 0.6 is 27.5 Å². The largest absolute Gasteiger partial charge is 0.360 e. The van der Waals surface area contributed by atoms with Crippen LogP contribution in [-0.4, -0.2) is 14.9 Å². The van der Waals surface area contributed by atoms with Crippen LogP contribution in [0, 0.1) is 10.1 Å². The second-order valence-electron chi connectivity index (χ2n) is 5.25. The lowest BCUT2D eigenvalue weighted by Crippen LogP contribution is -2.08. The Labute approximate surface area is 162 Å². The number of aromatic nitrogens is 2. The van der Waals surface area contributed by atoms with Gasteiger partial charge in [-0.2, -0.15) is 0 Å². The van der Waals surface area contributed by atoms with E-state index >= 15 is 0 Å². The second kappa shape index (κ2) is 8.11. The van der Waals surface area contributed by atoms with Crippen molar-refractivity contribution < 1.29 is 4.92 Å². The number of nitrogens with one attached hydrogen (secondary N) is 2. The molecule has 2 aromatic carbocycles. The molecule has 9 heteroatoms. The predicted octanol–water partition coefficient (Wildman–Crippen LogP) is 5.16. The molecule has 0 aliphatic carbocycles. The molecule has 0 atom stereocenters. The molecule has 3 aromatic rings. The van der Waals surface area contributed by atoms with Gasteiger partial charge in [-0.1, -0.05) is 45.7 Å². The molecule has 0 saturated carbocycles. The quantitative estimate of drug-likeness (QED) is 0.411. The first-order valence-electron chi connectivity index (χ1n) is 7.54. The zero-order valence-corrected chi connectivity index (χ0v) is 15.7. The average molecular weight is 435 g/mol. The minimum absolute atomic E-state index is 0.106. The highest BCUT2D eigenvalue weighted by atomic mass is 79.9. The first-order valence-corrected chi connectivity index (χ1v) is 8.71. The third kappa shape index (κ3) is 4.27. The highest BCUT2D eigenvalue weighted by Crippen LogP contribution is 2.32. The molecule has 26 heavy (non-hydrogen) atoms. The zero-order chi connectivity index (χ0) is 18.5. The summed E-state index contributed by atoms with van der Waals surface area (Å²) in [5, 5.41) is 18.1. The van der Waals surface area contributed by atoms with E-state index in [9.17, 15) is 10.1 Å². The Morgan fingerprint density at radius 1 is 1.08 bits per heavy atom. The molecule has 0 amide bonds. The van der Waals surface area contributed by atoms with Crippen LogP contribution < -0.4 is 10.6 Å². The van der Waals surface area contributed by atoms with E-state index in [0.29, 0.717) is 17.3 Å². The minimum Gasteiger partial charge on any atom is -0.360 e. The Balaban J connectivity index is 1.87. The van der Waals surface area contributed by atoms with E-state index in [4.69, 9.17) is 11.6 Å². The van der Waals surface area contributed by atoms with Crippen molar-refractivity contribution in [2.24, 2.45) is 0 Å². The second-order valence-corrected chi connectivity index (χ2v) is 6.58. The molecule has 1 heterocycles. The fourth-order valence-corrected chi connectivity index (χ4v) is 2.73. The van der Waals surface area contributed by atoms with Crippen LogP contribution in [0.2, 0.25) is 5.02 Å². The maximum atomic E-state index is 11.6. The summed E-state index contributed by atoms with van der Waals surface area (Å²) in [6, 6.07) is 14.5. The number of benzene rings is 2. The number of hydrogen-bond acceptors (Lipinski definition) is 6. The van der Waals surface area contributed by atoms with Gasteiger partial charge in [-0.3, -0.25) is 10.1 Å². The van der Waals surface area contributed by atoms with Crippen molar-refractivity contribution in [3.8, 4) is 0 Å². The highest BCUT2D eigenvalue weighted by Gasteiger charge is 2.23. The summed E-state index contributed by atoms with van der Waals surface area (Å²) in [7, 11) is 0. The van der Waals surface area contributed by atoms with Crippen molar-refractivity contribution in [1.82, 2.24) is 9.97 Å². The fraction of sp³-hybridized carbons (Fsp3) is 0.0588. The Hall–Kier alpha value is -2.71. The van der Waals surface area contributed by atoms with Crippen molar-refractivity contribution in [1.29, 1.82) is 0 Å². The van der Waals surface area contributed by atoms with Gasteiger partial charge in [0.1, 0.15) is 6.33 Å². The molecular weight excluding hydrogens is 422 g/mol. The summed E-state index contributed by atoms with van der Waals surface area (Å²) in [6.07, 6.45) is 1.27. The van der Waals surface area contributed by atoms with Gasteiger partial charge in [0.15, 0.2) is 0 Å². The van der Waals surface area contributed by atoms with Gasteiger partial charge in [0.2, 0.25) is 11.6 Å². The molecular formula is C17H13BrClN5O2. The van der Waals surface area contributed by atoms with E-state index < -0.39 is 4.92 Å². The van der Waals surface area contributed by atoms with Crippen molar-refractivity contribution in [3.05, 3.63) is 80.0 Å². The minimum atomic E-state index is -0.518. The molecule has 0 bridgehead atoms. The number of hydrogen-bond donors (Lipinski definition) is 2. The standard InChI is InChI=1S/C17H13BrClN5O2/c18-12-5-7-13(8-6-12)23-17-15(24(25)26)16(21-10-22-17)20-9-11-3-1-2-4-14(11)19/h1-8,10H,9H2,(H2,20,21,22,23). The van der Waals surface area contributed by atoms with Crippen LogP contribution in [0.25, 0.3) is 0 Å². The molecule has 0 aliphatic heterocycles. The number of nitro groups is 1. The smallest absolute Gasteiger partial charge is 0.353 e. The van der Waals surface area contributed by atoms with Gasteiger partial charge in [0.05, 0.1) is 4.92 Å². The van der Waals surface area contributed by atoms with Crippen LogP contribution in [0.5, 0.6) is 0 Å². The Bertz CT molecular complexity index is 937. The molecule has 0 fully saturated rings. The van der Waals surface area contributed by atoms with Crippen molar-refractivity contribution in [2.75, 3.05) is 10.6 Å². The third-order valence-electron chi connectivity index (χ3n) is 3.52. The SMILES string of the molecule is O=[N+]([O-])c1c(NCc2ccccc2Cl)ncnc1Nc1ccc(Br)cc1. The van der Waals surface area contributed by atoms with E-state index in [2.05, 4.69) is 36.5 Å². The van der Waals surface area contributed by atoms with Gasteiger partial charge in [-0.25, -0.2) is 9.97 Å².